The monoisotopic (exact) mass is 330 g/mol. The van der Waals surface area contributed by atoms with E-state index in [1.807, 2.05) is 0 Å². The van der Waals surface area contributed by atoms with Crippen LogP contribution in [-0.4, -0.2) is 34.2 Å². The molecule has 126 valence electrons. The lowest BCUT2D eigenvalue weighted by atomic mass is 9.87. The standard InChI is InChI=1S/C18H18O6/c1-3-13(18(22)23)14-8-11(19)9-15(20)16(14)17(21)10-5-4-6-12(7-10)24-2/h4-9,13,19-20H,3H2,1-2H3,(H,22,23). The van der Waals surface area contributed by atoms with Gasteiger partial charge < -0.3 is 20.1 Å². The van der Waals surface area contributed by atoms with Crippen LogP contribution in [0.4, 0.5) is 0 Å². The van der Waals surface area contributed by atoms with Gasteiger partial charge in [0.1, 0.15) is 17.2 Å². The van der Waals surface area contributed by atoms with Gasteiger partial charge in [-0.2, -0.15) is 0 Å². The predicted molar refractivity (Wildman–Crippen MR) is 86.9 cm³/mol. The summed E-state index contributed by atoms with van der Waals surface area (Å²) in [6, 6.07) is 8.56. The highest BCUT2D eigenvalue weighted by molar-refractivity contribution is 6.12. The van der Waals surface area contributed by atoms with Gasteiger partial charge in [-0.3, -0.25) is 9.59 Å². The summed E-state index contributed by atoms with van der Waals surface area (Å²) in [7, 11) is 1.46. The number of methoxy groups -OCH3 is 1. The van der Waals surface area contributed by atoms with Crippen LogP contribution in [0.2, 0.25) is 0 Å². The van der Waals surface area contributed by atoms with E-state index in [0.717, 1.165) is 6.07 Å². The van der Waals surface area contributed by atoms with E-state index in [0.29, 0.717) is 5.75 Å². The van der Waals surface area contributed by atoms with Crippen LogP contribution in [0, 0.1) is 0 Å². The third-order valence-corrected chi connectivity index (χ3v) is 3.77. The van der Waals surface area contributed by atoms with Gasteiger partial charge in [-0.1, -0.05) is 19.1 Å². The first-order valence-electron chi connectivity index (χ1n) is 7.36. The van der Waals surface area contributed by atoms with Gasteiger partial charge in [0.05, 0.1) is 18.6 Å². The molecule has 0 bridgehead atoms. The Bertz CT molecular complexity index is 781. The number of phenolic OH excluding ortho intramolecular Hbond substituents is 2. The zero-order valence-corrected chi connectivity index (χ0v) is 13.3. The Hall–Kier alpha value is -3.02. The van der Waals surface area contributed by atoms with Crippen molar-refractivity contribution in [2.45, 2.75) is 19.3 Å². The fourth-order valence-corrected chi connectivity index (χ4v) is 2.59. The molecule has 0 aliphatic rings. The second-order valence-corrected chi connectivity index (χ2v) is 5.29. The van der Waals surface area contributed by atoms with E-state index in [4.69, 9.17) is 4.74 Å². The van der Waals surface area contributed by atoms with Crippen molar-refractivity contribution in [1.82, 2.24) is 0 Å². The number of ketones is 1. The largest absolute Gasteiger partial charge is 0.508 e. The molecule has 1 atom stereocenters. The molecule has 0 heterocycles. The molecule has 6 nitrogen and oxygen atoms in total. The minimum absolute atomic E-state index is 0.0790. The van der Waals surface area contributed by atoms with Crippen molar-refractivity contribution >= 4 is 11.8 Å². The van der Waals surface area contributed by atoms with E-state index in [9.17, 15) is 24.9 Å². The lowest BCUT2D eigenvalue weighted by molar-refractivity contribution is -0.138. The van der Waals surface area contributed by atoms with Crippen molar-refractivity contribution in [2.24, 2.45) is 0 Å². The van der Waals surface area contributed by atoms with Crippen LogP contribution in [0.1, 0.15) is 40.7 Å². The van der Waals surface area contributed by atoms with Gasteiger partial charge in [-0.05, 0) is 30.2 Å². The second-order valence-electron chi connectivity index (χ2n) is 5.29. The molecule has 0 saturated carbocycles. The lowest BCUT2D eigenvalue weighted by Gasteiger charge is -2.17. The molecule has 0 amide bonds. The molecule has 0 saturated heterocycles. The molecule has 0 radical (unpaired) electrons. The highest BCUT2D eigenvalue weighted by Gasteiger charge is 2.28. The van der Waals surface area contributed by atoms with Crippen LogP contribution < -0.4 is 4.74 Å². The average Bonchev–Trinajstić information content (AvgIpc) is 2.54. The number of carboxylic acid groups (broad SMARTS) is 1. The molecule has 3 N–H and O–H groups in total. The number of benzene rings is 2. The number of carbonyl (C=O) groups is 2. The summed E-state index contributed by atoms with van der Waals surface area (Å²) >= 11 is 0. The van der Waals surface area contributed by atoms with Gasteiger partial charge in [-0.15, -0.1) is 0 Å². The first-order chi connectivity index (χ1) is 11.4. The van der Waals surface area contributed by atoms with Crippen molar-refractivity contribution in [2.75, 3.05) is 7.11 Å². The summed E-state index contributed by atoms with van der Waals surface area (Å²) in [5.74, 6) is -3.00. The molecule has 24 heavy (non-hydrogen) atoms. The SMILES string of the molecule is CCC(C(=O)O)c1cc(O)cc(O)c1C(=O)c1cccc(OC)c1. The van der Waals surface area contributed by atoms with Crippen molar-refractivity contribution in [1.29, 1.82) is 0 Å². The van der Waals surface area contributed by atoms with E-state index in [-0.39, 0.29) is 28.9 Å². The molecule has 0 aliphatic heterocycles. The first-order valence-corrected chi connectivity index (χ1v) is 7.36. The number of carbonyl (C=O) groups excluding carboxylic acids is 1. The van der Waals surface area contributed by atoms with Crippen molar-refractivity contribution in [3.05, 3.63) is 53.1 Å². The van der Waals surface area contributed by atoms with Crippen LogP contribution >= 0.6 is 0 Å². The molecule has 2 aromatic rings. The Balaban J connectivity index is 2.63. The minimum Gasteiger partial charge on any atom is -0.508 e. The van der Waals surface area contributed by atoms with E-state index < -0.39 is 23.4 Å². The normalized spacial score (nSPS) is 11.8. The Labute approximate surface area is 138 Å². The number of aliphatic carboxylic acids is 1. The zero-order valence-electron chi connectivity index (χ0n) is 13.3. The summed E-state index contributed by atoms with van der Waals surface area (Å²) in [5.41, 5.74) is 0.197. The van der Waals surface area contributed by atoms with Gasteiger partial charge in [0, 0.05) is 11.6 Å². The van der Waals surface area contributed by atoms with Crippen LogP contribution in [0.3, 0.4) is 0 Å². The molecule has 0 aliphatic carbocycles. The highest BCUT2D eigenvalue weighted by atomic mass is 16.5. The molecule has 2 rings (SSSR count). The van der Waals surface area contributed by atoms with Crippen LogP contribution in [0.15, 0.2) is 36.4 Å². The number of hydrogen-bond acceptors (Lipinski definition) is 5. The summed E-state index contributed by atoms with van der Waals surface area (Å²) in [6.45, 7) is 1.65. The summed E-state index contributed by atoms with van der Waals surface area (Å²) < 4.78 is 5.08. The summed E-state index contributed by atoms with van der Waals surface area (Å²) in [4.78, 5) is 24.3. The third-order valence-electron chi connectivity index (χ3n) is 3.77. The topological polar surface area (TPSA) is 104 Å². The van der Waals surface area contributed by atoms with Crippen molar-refractivity contribution in [3.8, 4) is 17.2 Å². The number of rotatable bonds is 6. The van der Waals surface area contributed by atoms with Crippen LogP contribution in [0.5, 0.6) is 17.2 Å². The average molecular weight is 330 g/mol. The van der Waals surface area contributed by atoms with Gasteiger partial charge >= 0.3 is 5.97 Å². The van der Waals surface area contributed by atoms with Crippen molar-refractivity contribution in [3.63, 3.8) is 0 Å². The van der Waals surface area contributed by atoms with E-state index in [2.05, 4.69) is 0 Å². The zero-order chi connectivity index (χ0) is 17.9. The fraction of sp³-hybridized carbons (Fsp3) is 0.222. The third kappa shape index (κ3) is 3.32. The van der Waals surface area contributed by atoms with Gasteiger partial charge in [-0.25, -0.2) is 0 Å². The maximum Gasteiger partial charge on any atom is 0.310 e. The van der Waals surface area contributed by atoms with Crippen LogP contribution in [-0.2, 0) is 4.79 Å². The quantitative estimate of drug-likeness (QED) is 0.704. The van der Waals surface area contributed by atoms with E-state index in [1.165, 1.54) is 19.2 Å². The van der Waals surface area contributed by atoms with E-state index >= 15 is 0 Å². The number of hydrogen-bond donors (Lipinski definition) is 3. The molecule has 6 heteroatoms. The maximum absolute atomic E-state index is 12.8. The number of phenols is 2. The first kappa shape index (κ1) is 17.3. The summed E-state index contributed by atoms with van der Waals surface area (Å²) in [5, 5.41) is 29.2. The number of carboxylic acids is 1. The highest BCUT2D eigenvalue weighted by Crippen LogP contribution is 2.35. The minimum atomic E-state index is -1.14. The molecular weight excluding hydrogens is 312 g/mol. The molecule has 0 spiro atoms. The Morgan fingerprint density at radius 2 is 1.88 bits per heavy atom. The lowest BCUT2D eigenvalue weighted by Crippen LogP contribution is -2.16. The molecule has 0 aromatic heterocycles. The Morgan fingerprint density at radius 1 is 1.17 bits per heavy atom. The molecule has 0 fully saturated rings. The molecule has 2 aromatic carbocycles. The van der Waals surface area contributed by atoms with Crippen LogP contribution in [0.25, 0.3) is 0 Å². The summed E-state index contributed by atoms with van der Waals surface area (Å²) in [6.07, 6.45) is 0.205. The Kier molecular flexibility index (Phi) is 5.08. The van der Waals surface area contributed by atoms with Gasteiger partial charge in [0.25, 0.3) is 0 Å². The number of ether oxygens (including phenoxy) is 1. The molecular formula is C18H18O6. The van der Waals surface area contributed by atoms with Crippen molar-refractivity contribution < 1.29 is 29.6 Å². The Morgan fingerprint density at radius 3 is 2.46 bits per heavy atom. The second kappa shape index (κ2) is 7.04. The fourth-order valence-electron chi connectivity index (χ4n) is 2.59. The van der Waals surface area contributed by atoms with Gasteiger partial charge in [0.15, 0.2) is 5.78 Å². The number of aromatic hydroxyl groups is 2. The molecule has 1 unspecified atom stereocenters. The van der Waals surface area contributed by atoms with E-state index in [1.54, 1.807) is 25.1 Å². The maximum atomic E-state index is 12.8. The smallest absolute Gasteiger partial charge is 0.310 e. The van der Waals surface area contributed by atoms with Gasteiger partial charge in [0.2, 0.25) is 0 Å². The predicted octanol–water partition coefficient (Wildman–Crippen LogP) is 2.92.